The van der Waals surface area contributed by atoms with Crippen LogP contribution in [0.25, 0.3) is 0 Å². The minimum atomic E-state index is -0.567. The molecule has 2 aliphatic rings. The number of rotatable bonds is 4. The monoisotopic (exact) mass is 418 g/mol. The molecule has 1 fully saturated rings. The first kappa shape index (κ1) is 21.4. The maximum atomic E-state index is 13.4. The Hall–Kier alpha value is -2.88. The molecule has 0 spiro atoms. The van der Waals surface area contributed by atoms with E-state index in [-0.39, 0.29) is 29.2 Å². The highest BCUT2D eigenvalue weighted by Crippen LogP contribution is 2.60. The van der Waals surface area contributed by atoms with Crippen LogP contribution in [0.5, 0.6) is 11.5 Å². The van der Waals surface area contributed by atoms with Crippen LogP contribution in [0.2, 0.25) is 0 Å². The molecular weight excluding hydrogens is 388 g/mol. The van der Waals surface area contributed by atoms with E-state index in [0.717, 1.165) is 22.3 Å². The van der Waals surface area contributed by atoms with Crippen molar-refractivity contribution >= 4 is 11.9 Å². The number of aryl methyl sites for hydroxylation is 4. The van der Waals surface area contributed by atoms with Crippen molar-refractivity contribution in [2.75, 3.05) is 0 Å². The van der Waals surface area contributed by atoms with Crippen LogP contribution in [0.3, 0.4) is 0 Å². The van der Waals surface area contributed by atoms with Crippen molar-refractivity contribution in [1.82, 2.24) is 0 Å². The van der Waals surface area contributed by atoms with Gasteiger partial charge in [-0.15, -0.1) is 0 Å². The molecule has 162 valence electrons. The van der Waals surface area contributed by atoms with Gasteiger partial charge in [0.25, 0.3) is 0 Å². The molecule has 0 amide bonds. The summed E-state index contributed by atoms with van der Waals surface area (Å²) in [5.41, 5.74) is 3.62. The summed E-state index contributed by atoms with van der Waals surface area (Å²) in [5, 5.41) is 0. The molecule has 0 aromatic heterocycles. The van der Waals surface area contributed by atoms with Crippen LogP contribution in [0, 0.1) is 56.8 Å². The van der Waals surface area contributed by atoms with Crippen molar-refractivity contribution in [3.05, 3.63) is 70.8 Å². The van der Waals surface area contributed by atoms with E-state index < -0.39 is 11.8 Å². The van der Waals surface area contributed by atoms with Crippen LogP contribution in [-0.4, -0.2) is 11.9 Å². The SMILES string of the molecule is Cc1ccc(C)c(OC(=O)C2C(C(=O)Oc3cc(C)ccc3C)C3C=CC2C3(C)C)c1. The van der Waals surface area contributed by atoms with Crippen LogP contribution in [0.1, 0.15) is 36.1 Å². The molecule has 4 unspecified atom stereocenters. The minimum absolute atomic E-state index is 0.0636. The Kier molecular flexibility index (Phi) is 5.28. The molecule has 4 atom stereocenters. The Labute approximate surface area is 184 Å². The molecule has 2 aromatic rings. The van der Waals surface area contributed by atoms with E-state index in [0.29, 0.717) is 11.5 Å². The molecule has 31 heavy (non-hydrogen) atoms. The molecule has 2 aliphatic carbocycles. The summed E-state index contributed by atoms with van der Waals surface area (Å²) < 4.78 is 11.7. The zero-order valence-electron chi connectivity index (χ0n) is 19.1. The fraction of sp³-hybridized carbons (Fsp3) is 0.407. The number of fused-ring (bicyclic) bond motifs is 2. The third-order valence-electron chi connectivity index (χ3n) is 7.06. The smallest absolute Gasteiger partial charge is 0.315 e. The van der Waals surface area contributed by atoms with Gasteiger partial charge in [-0.2, -0.15) is 0 Å². The molecule has 0 heterocycles. The van der Waals surface area contributed by atoms with Crippen LogP contribution >= 0.6 is 0 Å². The first-order chi connectivity index (χ1) is 14.6. The lowest BCUT2D eigenvalue weighted by Crippen LogP contribution is -2.37. The predicted molar refractivity (Wildman–Crippen MR) is 120 cm³/mol. The maximum Gasteiger partial charge on any atom is 0.315 e. The number of hydrogen-bond donors (Lipinski definition) is 0. The van der Waals surface area contributed by atoms with Gasteiger partial charge in [-0.1, -0.05) is 50.3 Å². The Morgan fingerprint density at radius 1 is 0.710 bits per heavy atom. The predicted octanol–water partition coefficient (Wildman–Crippen LogP) is 5.51. The van der Waals surface area contributed by atoms with E-state index in [1.54, 1.807) is 0 Å². The van der Waals surface area contributed by atoms with Crippen LogP contribution in [0.15, 0.2) is 48.6 Å². The largest absolute Gasteiger partial charge is 0.426 e. The number of carbonyl (C=O) groups excluding carboxylic acids is 2. The van der Waals surface area contributed by atoms with Crippen molar-refractivity contribution < 1.29 is 19.1 Å². The van der Waals surface area contributed by atoms with Gasteiger partial charge in [0.15, 0.2) is 0 Å². The average molecular weight is 419 g/mol. The summed E-state index contributed by atoms with van der Waals surface area (Å²) in [4.78, 5) is 26.8. The van der Waals surface area contributed by atoms with Gasteiger partial charge in [0, 0.05) is 0 Å². The second-order valence-electron chi connectivity index (χ2n) is 9.69. The first-order valence-corrected chi connectivity index (χ1v) is 10.9. The minimum Gasteiger partial charge on any atom is -0.426 e. The molecule has 4 rings (SSSR count). The normalized spacial score (nSPS) is 25.5. The van der Waals surface area contributed by atoms with Crippen LogP contribution < -0.4 is 9.47 Å². The molecular formula is C27H30O4. The summed E-state index contributed by atoms with van der Waals surface area (Å²) in [6.07, 6.45) is 4.14. The number of benzene rings is 2. The highest BCUT2D eigenvalue weighted by Gasteiger charge is 2.62. The van der Waals surface area contributed by atoms with E-state index in [1.807, 2.05) is 64.1 Å². The summed E-state index contributed by atoms with van der Waals surface area (Å²) in [6, 6.07) is 11.6. The van der Waals surface area contributed by atoms with Gasteiger partial charge in [-0.05, 0) is 79.3 Å². The van der Waals surface area contributed by atoms with Gasteiger partial charge in [-0.25, -0.2) is 0 Å². The molecule has 2 aromatic carbocycles. The number of esters is 2. The second kappa shape index (κ2) is 7.67. The number of ether oxygens (including phenoxy) is 2. The molecule has 1 saturated carbocycles. The molecule has 0 saturated heterocycles. The standard InChI is InChI=1S/C27H30O4/c1-15-7-9-17(3)21(13-15)30-25(28)23-19-11-12-20(27(19,5)6)24(23)26(29)31-22-14-16(2)8-10-18(22)4/h7-14,19-20,23-24H,1-6H3. The molecule has 0 radical (unpaired) electrons. The van der Waals surface area contributed by atoms with Crippen molar-refractivity contribution in [2.24, 2.45) is 29.1 Å². The average Bonchev–Trinajstić information content (AvgIpc) is 3.12. The van der Waals surface area contributed by atoms with Gasteiger partial charge < -0.3 is 9.47 Å². The summed E-state index contributed by atoms with van der Waals surface area (Å²) in [7, 11) is 0. The topological polar surface area (TPSA) is 52.6 Å². The first-order valence-electron chi connectivity index (χ1n) is 10.9. The van der Waals surface area contributed by atoms with Gasteiger partial charge in [-0.3, -0.25) is 9.59 Å². The quantitative estimate of drug-likeness (QED) is 0.373. The van der Waals surface area contributed by atoms with Crippen molar-refractivity contribution in [3.8, 4) is 11.5 Å². The highest BCUT2D eigenvalue weighted by molar-refractivity contribution is 5.87. The maximum absolute atomic E-state index is 13.4. The Bertz CT molecular complexity index is 995. The summed E-state index contributed by atoms with van der Waals surface area (Å²) in [5.74, 6) is -0.877. The van der Waals surface area contributed by atoms with Gasteiger partial charge in [0.2, 0.25) is 0 Å². The lowest BCUT2D eigenvalue weighted by atomic mass is 9.79. The third kappa shape index (κ3) is 3.69. The van der Waals surface area contributed by atoms with Gasteiger partial charge in [0.05, 0.1) is 11.8 Å². The van der Waals surface area contributed by atoms with E-state index in [4.69, 9.17) is 9.47 Å². The third-order valence-corrected chi connectivity index (χ3v) is 7.06. The highest BCUT2D eigenvalue weighted by atomic mass is 16.5. The molecule has 0 N–H and O–H groups in total. The number of allylic oxidation sites excluding steroid dienone is 2. The van der Waals surface area contributed by atoms with E-state index in [1.165, 1.54) is 0 Å². The zero-order valence-corrected chi connectivity index (χ0v) is 19.1. The van der Waals surface area contributed by atoms with E-state index in [2.05, 4.69) is 26.0 Å². The molecule has 4 heteroatoms. The fourth-order valence-electron chi connectivity index (χ4n) is 5.14. The van der Waals surface area contributed by atoms with Crippen LogP contribution in [-0.2, 0) is 9.59 Å². The molecule has 0 aliphatic heterocycles. The van der Waals surface area contributed by atoms with Crippen LogP contribution in [0.4, 0.5) is 0 Å². The van der Waals surface area contributed by atoms with E-state index >= 15 is 0 Å². The Morgan fingerprint density at radius 2 is 1.10 bits per heavy atom. The second-order valence-corrected chi connectivity index (χ2v) is 9.69. The van der Waals surface area contributed by atoms with Crippen molar-refractivity contribution in [3.63, 3.8) is 0 Å². The van der Waals surface area contributed by atoms with Gasteiger partial charge in [0.1, 0.15) is 11.5 Å². The molecule has 2 bridgehead atoms. The lowest BCUT2D eigenvalue weighted by molar-refractivity contribution is -0.151. The lowest BCUT2D eigenvalue weighted by Gasteiger charge is -2.25. The fourth-order valence-corrected chi connectivity index (χ4v) is 5.14. The van der Waals surface area contributed by atoms with Crippen molar-refractivity contribution in [1.29, 1.82) is 0 Å². The Morgan fingerprint density at radius 3 is 1.48 bits per heavy atom. The Balaban J connectivity index is 1.64. The zero-order chi connectivity index (χ0) is 22.5. The summed E-state index contributed by atoms with van der Waals surface area (Å²) in [6.45, 7) is 12.0. The number of carbonyl (C=O) groups is 2. The molecule has 4 nitrogen and oxygen atoms in total. The number of hydrogen-bond acceptors (Lipinski definition) is 4. The van der Waals surface area contributed by atoms with Crippen molar-refractivity contribution in [2.45, 2.75) is 41.5 Å². The summed E-state index contributed by atoms with van der Waals surface area (Å²) >= 11 is 0. The van der Waals surface area contributed by atoms with E-state index in [9.17, 15) is 9.59 Å². The van der Waals surface area contributed by atoms with Gasteiger partial charge >= 0.3 is 11.9 Å².